The van der Waals surface area contributed by atoms with Gasteiger partial charge in [0.2, 0.25) is 5.91 Å². The highest BCUT2D eigenvalue weighted by molar-refractivity contribution is 5.96. The fourth-order valence-corrected chi connectivity index (χ4v) is 3.14. The van der Waals surface area contributed by atoms with Gasteiger partial charge in [0, 0.05) is 36.8 Å². The third kappa shape index (κ3) is 4.81. The van der Waals surface area contributed by atoms with Crippen LogP contribution in [0.3, 0.4) is 0 Å². The van der Waals surface area contributed by atoms with E-state index in [0.717, 1.165) is 43.1 Å². The van der Waals surface area contributed by atoms with Crippen LogP contribution in [-0.2, 0) is 11.3 Å². The molecule has 3 rings (SSSR count). The van der Waals surface area contributed by atoms with E-state index in [1.54, 1.807) is 17.0 Å². The first-order chi connectivity index (χ1) is 13.1. The third-order valence-corrected chi connectivity index (χ3v) is 4.44. The van der Waals surface area contributed by atoms with E-state index in [9.17, 15) is 9.59 Å². The van der Waals surface area contributed by atoms with Gasteiger partial charge in [0.05, 0.1) is 12.2 Å². The monoisotopic (exact) mass is 367 g/mol. The van der Waals surface area contributed by atoms with Crippen LogP contribution in [0.4, 0.5) is 11.5 Å². The van der Waals surface area contributed by atoms with Gasteiger partial charge in [0.25, 0.3) is 5.91 Å². The van der Waals surface area contributed by atoms with Crippen LogP contribution in [0.15, 0.2) is 30.3 Å². The molecule has 27 heavy (non-hydrogen) atoms. The molecular formula is C20H25N5O2. The highest BCUT2D eigenvalue weighted by Crippen LogP contribution is 2.21. The number of carbonyl (C=O) groups is 2. The molecule has 0 radical (unpaired) electrons. The molecule has 1 aliphatic rings. The summed E-state index contributed by atoms with van der Waals surface area (Å²) in [4.78, 5) is 34.9. The average molecular weight is 367 g/mol. The number of nitrogens with zero attached hydrogens (tertiary/aromatic N) is 3. The van der Waals surface area contributed by atoms with Gasteiger partial charge in [-0.05, 0) is 51.0 Å². The number of aromatic nitrogens is 2. The third-order valence-electron chi connectivity index (χ3n) is 4.44. The molecule has 0 aliphatic carbocycles. The van der Waals surface area contributed by atoms with Gasteiger partial charge in [-0.2, -0.15) is 0 Å². The lowest BCUT2D eigenvalue weighted by atomic mass is 10.1. The van der Waals surface area contributed by atoms with Crippen LogP contribution in [0.5, 0.6) is 0 Å². The van der Waals surface area contributed by atoms with Crippen molar-refractivity contribution >= 4 is 23.3 Å². The number of rotatable bonds is 6. The van der Waals surface area contributed by atoms with Crippen LogP contribution in [0.1, 0.15) is 48.1 Å². The SMILES string of the molecule is CCNc1cc(CNC(=O)c2ccc(N3CCCCC3=O)cc2)nc(C)n1. The zero-order valence-electron chi connectivity index (χ0n) is 15.8. The molecular weight excluding hydrogens is 342 g/mol. The molecule has 0 spiro atoms. The standard InChI is InChI=1S/C20H25N5O2/c1-3-21-18-12-16(23-14(2)24-18)13-22-20(27)15-7-9-17(10-8-15)25-11-5-4-6-19(25)26/h7-10,12H,3-6,11,13H2,1-2H3,(H,22,27)(H,21,23,24). The van der Waals surface area contributed by atoms with Crippen LogP contribution in [0.25, 0.3) is 0 Å². The number of benzene rings is 1. The van der Waals surface area contributed by atoms with Gasteiger partial charge in [-0.3, -0.25) is 9.59 Å². The van der Waals surface area contributed by atoms with Crippen molar-refractivity contribution < 1.29 is 9.59 Å². The van der Waals surface area contributed by atoms with E-state index < -0.39 is 0 Å². The van der Waals surface area contributed by atoms with Crippen molar-refractivity contribution in [3.05, 3.63) is 47.4 Å². The van der Waals surface area contributed by atoms with E-state index in [4.69, 9.17) is 0 Å². The Hall–Kier alpha value is -2.96. The van der Waals surface area contributed by atoms with Gasteiger partial charge >= 0.3 is 0 Å². The van der Waals surface area contributed by atoms with Crippen molar-refractivity contribution in [2.24, 2.45) is 0 Å². The summed E-state index contributed by atoms with van der Waals surface area (Å²) in [6.45, 7) is 5.67. The molecule has 1 fully saturated rings. The number of hydrogen-bond acceptors (Lipinski definition) is 5. The van der Waals surface area contributed by atoms with Crippen molar-refractivity contribution in [3.63, 3.8) is 0 Å². The largest absolute Gasteiger partial charge is 0.370 e. The Bertz CT molecular complexity index is 820. The maximum Gasteiger partial charge on any atom is 0.251 e. The molecule has 0 atom stereocenters. The molecule has 1 saturated heterocycles. The number of amides is 2. The summed E-state index contributed by atoms with van der Waals surface area (Å²) in [6, 6.07) is 9.00. The summed E-state index contributed by atoms with van der Waals surface area (Å²) >= 11 is 0. The van der Waals surface area contributed by atoms with Gasteiger partial charge in [-0.25, -0.2) is 9.97 Å². The molecule has 2 amide bonds. The zero-order chi connectivity index (χ0) is 19.2. The molecule has 2 heterocycles. The predicted octanol–water partition coefficient (Wildman–Crippen LogP) is 2.66. The molecule has 142 valence electrons. The summed E-state index contributed by atoms with van der Waals surface area (Å²) < 4.78 is 0. The molecule has 0 bridgehead atoms. The van der Waals surface area contributed by atoms with Gasteiger partial charge < -0.3 is 15.5 Å². The lowest BCUT2D eigenvalue weighted by molar-refractivity contribution is -0.119. The topological polar surface area (TPSA) is 87.2 Å². The molecule has 0 saturated carbocycles. The minimum atomic E-state index is -0.173. The zero-order valence-corrected chi connectivity index (χ0v) is 15.8. The summed E-state index contributed by atoms with van der Waals surface area (Å²) in [5.74, 6) is 1.39. The number of hydrogen-bond donors (Lipinski definition) is 2. The summed E-state index contributed by atoms with van der Waals surface area (Å²) in [6.07, 6.45) is 2.56. The van der Waals surface area contributed by atoms with E-state index in [-0.39, 0.29) is 11.8 Å². The summed E-state index contributed by atoms with van der Waals surface area (Å²) in [7, 11) is 0. The van der Waals surface area contributed by atoms with Gasteiger partial charge in [-0.15, -0.1) is 0 Å². The van der Waals surface area contributed by atoms with Crippen molar-refractivity contribution in [3.8, 4) is 0 Å². The van der Waals surface area contributed by atoms with E-state index >= 15 is 0 Å². The van der Waals surface area contributed by atoms with Crippen molar-refractivity contribution in [1.82, 2.24) is 15.3 Å². The minimum absolute atomic E-state index is 0.147. The van der Waals surface area contributed by atoms with E-state index in [2.05, 4.69) is 20.6 Å². The second-order valence-electron chi connectivity index (χ2n) is 6.55. The number of anilines is 2. The first kappa shape index (κ1) is 18.8. The molecule has 2 aromatic rings. The van der Waals surface area contributed by atoms with Crippen LogP contribution >= 0.6 is 0 Å². The molecule has 0 unspecified atom stereocenters. The normalized spacial score (nSPS) is 14.1. The highest BCUT2D eigenvalue weighted by atomic mass is 16.2. The van der Waals surface area contributed by atoms with Crippen LogP contribution in [0.2, 0.25) is 0 Å². The second-order valence-corrected chi connectivity index (χ2v) is 6.55. The van der Waals surface area contributed by atoms with E-state index in [0.29, 0.717) is 24.4 Å². The first-order valence-corrected chi connectivity index (χ1v) is 9.34. The quantitative estimate of drug-likeness (QED) is 0.820. The predicted molar refractivity (Wildman–Crippen MR) is 105 cm³/mol. The fourth-order valence-electron chi connectivity index (χ4n) is 3.14. The van der Waals surface area contributed by atoms with Crippen LogP contribution in [-0.4, -0.2) is 34.9 Å². The maximum absolute atomic E-state index is 12.4. The average Bonchev–Trinajstić information content (AvgIpc) is 2.66. The minimum Gasteiger partial charge on any atom is -0.370 e. The van der Waals surface area contributed by atoms with Gasteiger partial charge in [0.1, 0.15) is 11.6 Å². The Balaban J connectivity index is 1.62. The van der Waals surface area contributed by atoms with Gasteiger partial charge in [-0.1, -0.05) is 0 Å². The lowest BCUT2D eigenvalue weighted by Gasteiger charge is -2.26. The van der Waals surface area contributed by atoms with E-state index in [1.165, 1.54) is 0 Å². The Morgan fingerprint density at radius 2 is 1.96 bits per heavy atom. The number of nitrogens with one attached hydrogen (secondary N) is 2. The number of aryl methyl sites for hydroxylation is 1. The number of carbonyl (C=O) groups excluding carboxylic acids is 2. The molecule has 7 heteroatoms. The Kier molecular flexibility index (Phi) is 6.01. The Labute approximate surface area is 159 Å². The first-order valence-electron chi connectivity index (χ1n) is 9.34. The molecule has 1 aromatic heterocycles. The molecule has 1 aromatic carbocycles. The maximum atomic E-state index is 12.4. The summed E-state index contributed by atoms with van der Waals surface area (Å²) in [5, 5.41) is 6.04. The van der Waals surface area contributed by atoms with Crippen molar-refractivity contribution in [2.45, 2.75) is 39.7 Å². The van der Waals surface area contributed by atoms with Crippen LogP contribution in [0, 0.1) is 6.92 Å². The smallest absolute Gasteiger partial charge is 0.251 e. The Morgan fingerprint density at radius 1 is 1.19 bits per heavy atom. The van der Waals surface area contributed by atoms with Crippen LogP contribution < -0.4 is 15.5 Å². The van der Waals surface area contributed by atoms with Gasteiger partial charge in [0.15, 0.2) is 0 Å². The fraction of sp³-hybridized carbons (Fsp3) is 0.400. The highest BCUT2D eigenvalue weighted by Gasteiger charge is 2.19. The molecule has 2 N–H and O–H groups in total. The molecule has 7 nitrogen and oxygen atoms in total. The van der Waals surface area contributed by atoms with E-state index in [1.807, 2.05) is 32.0 Å². The Morgan fingerprint density at radius 3 is 2.67 bits per heavy atom. The molecule has 1 aliphatic heterocycles. The summed E-state index contributed by atoms with van der Waals surface area (Å²) in [5.41, 5.74) is 2.15. The number of piperidine rings is 1. The second kappa shape index (κ2) is 8.62. The van der Waals surface area contributed by atoms with Crippen molar-refractivity contribution in [2.75, 3.05) is 23.3 Å². The van der Waals surface area contributed by atoms with Crippen molar-refractivity contribution in [1.29, 1.82) is 0 Å². The lowest BCUT2D eigenvalue weighted by Crippen LogP contribution is -2.35.